The van der Waals surface area contributed by atoms with E-state index < -0.39 is 0 Å². The minimum Gasteiger partial charge on any atom is -0.464 e. The van der Waals surface area contributed by atoms with Crippen LogP contribution >= 0.6 is 27.7 Å². The molecule has 0 aromatic rings. The second-order valence-corrected chi connectivity index (χ2v) is 4.99. The molecule has 0 saturated heterocycles. The SMILES string of the molecule is CCC(Br)COC(=O)C(C)SC. The van der Waals surface area contributed by atoms with Crippen LogP contribution in [0.2, 0.25) is 0 Å². The molecule has 0 rings (SSSR count). The Balaban J connectivity index is 3.56. The summed E-state index contributed by atoms with van der Waals surface area (Å²) in [4.78, 5) is 11.4. The maximum absolute atomic E-state index is 11.1. The van der Waals surface area contributed by atoms with Crippen molar-refractivity contribution in [2.45, 2.75) is 30.3 Å². The number of halogens is 1. The van der Waals surface area contributed by atoms with Crippen LogP contribution in [0.25, 0.3) is 0 Å². The Morgan fingerprint density at radius 3 is 2.67 bits per heavy atom. The van der Waals surface area contributed by atoms with E-state index in [1.54, 1.807) is 0 Å². The normalized spacial score (nSPS) is 15.3. The Labute approximate surface area is 86.6 Å². The number of esters is 1. The summed E-state index contributed by atoms with van der Waals surface area (Å²) in [5.74, 6) is -0.125. The maximum atomic E-state index is 11.1. The molecule has 0 aromatic heterocycles. The summed E-state index contributed by atoms with van der Waals surface area (Å²) in [5.41, 5.74) is 0. The van der Waals surface area contributed by atoms with E-state index in [1.807, 2.05) is 20.1 Å². The van der Waals surface area contributed by atoms with Crippen LogP contribution in [0.4, 0.5) is 0 Å². The molecule has 2 nitrogen and oxygen atoms in total. The number of rotatable bonds is 5. The molecule has 72 valence electrons. The first-order valence-corrected chi connectivity index (χ1v) is 6.15. The van der Waals surface area contributed by atoms with Crippen molar-refractivity contribution in [3.05, 3.63) is 0 Å². The zero-order valence-electron chi connectivity index (χ0n) is 7.67. The Morgan fingerprint density at radius 1 is 1.67 bits per heavy atom. The molecule has 4 heteroatoms. The maximum Gasteiger partial charge on any atom is 0.318 e. The summed E-state index contributed by atoms with van der Waals surface area (Å²) in [6, 6.07) is 0. The Hall–Kier alpha value is 0.300. The number of alkyl halides is 1. The van der Waals surface area contributed by atoms with Gasteiger partial charge in [-0.25, -0.2) is 0 Å². The topological polar surface area (TPSA) is 26.3 Å². The van der Waals surface area contributed by atoms with Gasteiger partial charge < -0.3 is 4.74 Å². The van der Waals surface area contributed by atoms with E-state index in [0.29, 0.717) is 6.61 Å². The molecule has 2 atom stereocenters. The minimum absolute atomic E-state index is 0.0541. The second-order valence-electron chi connectivity index (χ2n) is 2.51. The summed E-state index contributed by atoms with van der Waals surface area (Å²) in [7, 11) is 0. The van der Waals surface area contributed by atoms with Gasteiger partial charge in [0.05, 0.1) is 5.25 Å². The van der Waals surface area contributed by atoms with Crippen LogP contribution in [-0.2, 0) is 9.53 Å². The van der Waals surface area contributed by atoms with Crippen molar-refractivity contribution in [2.24, 2.45) is 0 Å². The highest BCUT2D eigenvalue weighted by atomic mass is 79.9. The first-order valence-electron chi connectivity index (χ1n) is 3.95. The number of hydrogen-bond acceptors (Lipinski definition) is 3. The van der Waals surface area contributed by atoms with E-state index in [9.17, 15) is 4.79 Å². The van der Waals surface area contributed by atoms with Gasteiger partial charge in [-0.15, -0.1) is 0 Å². The van der Waals surface area contributed by atoms with Crippen molar-refractivity contribution >= 4 is 33.7 Å². The fourth-order valence-corrected chi connectivity index (χ4v) is 0.897. The molecule has 0 aliphatic rings. The van der Waals surface area contributed by atoms with E-state index in [1.165, 1.54) is 11.8 Å². The molecule has 0 spiro atoms. The van der Waals surface area contributed by atoms with Gasteiger partial charge in [0.15, 0.2) is 0 Å². The van der Waals surface area contributed by atoms with Crippen LogP contribution in [0.3, 0.4) is 0 Å². The van der Waals surface area contributed by atoms with E-state index in [-0.39, 0.29) is 16.0 Å². The third kappa shape index (κ3) is 5.04. The number of carbonyl (C=O) groups excluding carboxylic acids is 1. The molecule has 0 saturated carbocycles. The lowest BCUT2D eigenvalue weighted by Crippen LogP contribution is -2.20. The average molecular weight is 255 g/mol. The summed E-state index contributed by atoms with van der Waals surface area (Å²) < 4.78 is 5.04. The van der Waals surface area contributed by atoms with Crippen molar-refractivity contribution in [3.8, 4) is 0 Å². The van der Waals surface area contributed by atoms with E-state index in [4.69, 9.17) is 4.74 Å². The van der Waals surface area contributed by atoms with Crippen LogP contribution in [0.15, 0.2) is 0 Å². The molecule has 0 bridgehead atoms. The third-order valence-corrected chi connectivity index (χ3v) is 3.35. The van der Waals surface area contributed by atoms with Crippen molar-refractivity contribution in [1.29, 1.82) is 0 Å². The van der Waals surface area contributed by atoms with Gasteiger partial charge in [-0.3, -0.25) is 4.79 Å². The zero-order valence-corrected chi connectivity index (χ0v) is 10.1. The minimum atomic E-state index is -0.125. The van der Waals surface area contributed by atoms with Crippen LogP contribution in [-0.4, -0.2) is 28.9 Å². The summed E-state index contributed by atoms with van der Waals surface area (Å²) in [5, 5.41) is -0.0541. The number of thioether (sulfide) groups is 1. The van der Waals surface area contributed by atoms with E-state index in [0.717, 1.165) is 6.42 Å². The average Bonchev–Trinajstić information content (AvgIpc) is 2.11. The molecule has 0 aliphatic carbocycles. The van der Waals surface area contributed by atoms with Crippen LogP contribution in [0.1, 0.15) is 20.3 Å². The summed E-state index contributed by atoms with van der Waals surface area (Å²) in [6.45, 7) is 4.37. The van der Waals surface area contributed by atoms with Gasteiger partial charge in [-0.1, -0.05) is 22.9 Å². The fraction of sp³-hybridized carbons (Fsp3) is 0.875. The highest BCUT2D eigenvalue weighted by Crippen LogP contribution is 2.09. The molecule has 0 N–H and O–H groups in total. The fourth-order valence-electron chi connectivity index (χ4n) is 0.504. The highest BCUT2D eigenvalue weighted by molar-refractivity contribution is 9.09. The first kappa shape index (κ1) is 12.3. The van der Waals surface area contributed by atoms with Crippen molar-refractivity contribution < 1.29 is 9.53 Å². The Morgan fingerprint density at radius 2 is 2.25 bits per heavy atom. The number of ether oxygens (including phenoxy) is 1. The van der Waals surface area contributed by atoms with Gasteiger partial charge in [0.1, 0.15) is 6.61 Å². The quantitative estimate of drug-likeness (QED) is 0.557. The monoisotopic (exact) mass is 254 g/mol. The predicted octanol–water partition coefficient (Wildman–Crippen LogP) is 2.45. The molecule has 0 aromatic carbocycles. The van der Waals surface area contributed by atoms with Gasteiger partial charge in [0.25, 0.3) is 0 Å². The molecule has 0 heterocycles. The van der Waals surface area contributed by atoms with Crippen molar-refractivity contribution in [2.75, 3.05) is 12.9 Å². The summed E-state index contributed by atoms with van der Waals surface area (Å²) in [6.07, 6.45) is 2.87. The van der Waals surface area contributed by atoms with Gasteiger partial charge >= 0.3 is 5.97 Å². The van der Waals surface area contributed by atoms with Crippen molar-refractivity contribution in [3.63, 3.8) is 0 Å². The Kier molecular flexibility index (Phi) is 6.95. The smallest absolute Gasteiger partial charge is 0.318 e. The van der Waals surface area contributed by atoms with Gasteiger partial charge in [0, 0.05) is 4.83 Å². The lowest BCUT2D eigenvalue weighted by Gasteiger charge is -2.11. The molecule has 2 unspecified atom stereocenters. The van der Waals surface area contributed by atoms with Crippen LogP contribution < -0.4 is 0 Å². The first-order chi connectivity index (χ1) is 5.61. The van der Waals surface area contributed by atoms with Gasteiger partial charge in [0.2, 0.25) is 0 Å². The lowest BCUT2D eigenvalue weighted by molar-refractivity contribution is -0.142. The van der Waals surface area contributed by atoms with Crippen LogP contribution in [0.5, 0.6) is 0 Å². The van der Waals surface area contributed by atoms with Crippen molar-refractivity contribution in [1.82, 2.24) is 0 Å². The molecule has 12 heavy (non-hydrogen) atoms. The zero-order chi connectivity index (χ0) is 9.56. The Bertz CT molecular complexity index is 141. The standard InChI is InChI=1S/C8H15BrO2S/c1-4-7(9)5-11-8(10)6(2)12-3/h6-7H,4-5H2,1-3H3. The number of hydrogen-bond donors (Lipinski definition) is 0. The molecule has 0 radical (unpaired) electrons. The largest absolute Gasteiger partial charge is 0.464 e. The summed E-state index contributed by atoms with van der Waals surface area (Å²) >= 11 is 4.89. The predicted molar refractivity (Wildman–Crippen MR) is 56.9 cm³/mol. The lowest BCUT2D eigenvalue weighted by atomic mass is 10.3. The molecule has 0 aliphatic heterocycles. The van der Waals surface area contributed by atoms with Gasteiger partial charge in [-0.05, 0) is 19.6 Å². The molecular formula is C8H15BrO2S. The van der Waals surface area contributed by atoms with Gasteiger partial charge in [-0.2, -0.15) is 11.8 Å². The molecular weight excluding hydrogens is 240 g/mol. The molecule has 0 fully saturated rings. The van der Waals surface area contributed by atoms with E-state index >= 15 is 0 Å². The number of carbonyl (C=O) groups is 1. The van der Waals surface area contributed by atoms with E-state index in [2.05, 4.69) is 15.9 Å². The van der Waals surface area contributed by atoms with Crippen LogP contribution in [0, 0.1) is 0 Å². The third-order valence-electron chi connectivity index (χ3n) is 1.53. The molecule has 0 amide bonds. The second kappa shape index (κ2) is 6.78. The highest BCUT2D eigenvalue weighted by Gasteiger charge is 2.13.